The summed E-state index contributed by atoms with van der Waals surface area (Å²) in [5.41, 5.74) is -0.942. The number of nitrogens with one attached hydrogen (secondary N) is 2. The SMILES string of the molecule is COc1c(C(=O)NC(=S)Nc2ccc(I)cc2C(F)(F)F)cc2ccccc2c1Br. The Balaban J connectivity index is 1.88. The molecule has 0 aliphatic carbocycles. The molecule has 10 heteroatoms. The van der Waals surface area contributed by atoms with Crippen LogP contribution in [0.5, 0.6) is 5.75 Å². The number of amides is 1. The molecule has 156 valence electrons. The molecule has 0 unspecified atom stereocenters. The molecule has 2 N–H and O–H groups in total. The largest absolute Gasteiger partial charge is 0.495 e. The number of ether oxygens (including phenoxy) is 1. The van der Waals surface area contributed by atoms with Gasteiger partial charge in [0.05, 0.1) is 28.4 Å². The second-order valence-electron chi connectivity index (χ2n) is 6.09. The van der Waals surface area contributed by atoms with Crippen LogP contribution in [0.25, 0.3) is 10.8 Å². The molecule has 0 radical (unpaired) electrons. The Labute approximate surface area is 197 Å². The maximum Gasteiger partial charge on any atom is 0.418 e. The van der Waals surface area contributed by atoms with E-state index in [0.29, 0.717) is 13.8 Å². The summed E-state index contributed by atoms with van der Waals surface area (Å²) in [4.78, 5) is 12.8. The van der Waals surface area contributed by atoms with Crippen molar-refractivity contribution in [3.63, 3.8) is 0 Å². The van der Waals surface area contributed by atoms with Crippen LogP contribution in [-0.2, 0) is 6.18 Å². The smallest absolute Gasteiger partial charge is 0.418 e. The topological polar surface area (TPSA) is 50.4 Å². The van der Waals surface area contributed by atoms with Crippen molar-refractivity contribution in [2.45, 2.75) is 6.18 Å². The number of rotatable bonds is 3. The average Bonchev–Trinajstić information content (AvgIpc) is 2.68. The molecule has 3 aromatic carbocycles. The zero-order valence-electron chi connectivity index (χ0n) is 15.2. The molecule has 0 saturated carbocycles. The third-order valence-electron chi connectivity index (χ3n) is 4.15. The van der Waals surface area contributed by atoms with Crippen molar-refractivity contribution in [1.29, 1.82) is 0 Å². The van der Waals surface area contributed by atoms with Gasteiger partial charge in [0, 0.05) is 3.57 Å². The maximum atomic E-state index is 13.3. The maximum absolute atomic E-state index is 13.3. The lowest BCUT2D eigenvalue weighted by atomic mass is 10.1. The molecule has 0 bridgehead atoms. The van der Waals surface area contributed by atoms with Crippen LogP contribution >= 0.6 is 50.7 Å². The minimum atomic E-state index is -4.57. The standard InChI is InChI=1S/C20H13BrF3IN2O2S/c1-29-17-13(8-10-4-2-3-5-12(10)16(17)21)18(28)27-19(30)26-15-7-6-11(25)9-14(15)20(22,23)24/h2-9H,1H3,(H2,26,27,28,30). The first-order valence-corrected chi connectivity index (χ1v) is 10.6. The minimum absolute atomic E-state index is 0.186. The van der Waals surface area contributed by atoms with Crippen LogP contribution in [-0.4, -0.2) is 18.1 Å². The van der Waals surface area contributed by atoms with Gasteiger partial charge in [-0.25, -0.2) is 0 Å². The van der Waals surface area contributed by atoms with Crippen LogP contribution in [0.4, 0.5) is 18.9 Å². The summed E-state index contributed by atoms with van der Waals surface area (Å²) in [6.07, 6.45) is -4.57. The molecule has 30 heavy (non-hydrogen) atoms. The highest BCUT2D eigenvalue weighted by Crippen LogP contribution is 2.37. The third kappa shape index (κ3) is 4.86. The number of methoxy groups -OCH3 is 1. The minimum Gasteiger partial charge on any atom is -0.495 e. The number of halogens is 5. The molecule has 3 aromatic rings. The van der Waals surface area contributed by atoms with Crippen LogP contribution < -0.4 is 15.4 Å². The van der Waals surface area contributed by atoms with E-state index in [0.717, 1.165) is 16.8 Å². The first kappa shape index (κ1) is 22.8. The van der Waals surface area contributed by atoms with Gasteiger partial charge < -0.3 is 10.1 Å². The zero-order chi connectivity index (χ0) is 22.1. The van der Waals surface area contributed by atoms with Crippen LogP contribution in [0.15, 0.2) is 53.0 Å². The van der Waals surface area contributed by atoms with Gasteiger partial charge in [0.15, 0.2) is 5.11 Å². The number of alkyl halides is 3. The number of anilines is 1. The lowest BCUT2D eigenvalue weighted by molar-refractivity contribution is -0.137. The molecular weight excluding hydrogens is 596 g/mol. The van der Waals surface area contributed by atoms with Gasteiger partial charge in [0.2, 0.25) is 0 Å². The molecular formula is C20H13BrF3IN2O2S. The summed E-state index contributed by atoms with van der Waals surface area (Å²) in [7, 11) is 1.42. The van der Waals surface area contributed by atoms with Crippen molar-refractivity contribution in [2.75, 3.05) is 12.4 Å². The highest BCUT2D eigenvalue weighted by atomic mass is 127. The monoisotopic (exact) mass is 608 g/mol. The van der Waals surface area contributed by atoms with E-state index in [-0.39, 0.29) is 16.4 Å². The normalized spacial score (nSPS) is 11.3. The van der Waals surface area contributed by atoms with E-state index in [1.807, 2.05) is 24.3 Å². The Bertz CT molecular complexity index is 1150. The van der Waals surface area contributed by atoms with E-state index < -0.39 is 17.6 Å². The van der Waals surface area contributed by atoms with Gasteiger partial charge in [-0.05, 0) is 85.8 Å². The highest BCUT2D eigenvalue weighted by Gasteiger charge is 2.34. The molecule has 0 fully saturated rings. The van der Waals surface area contributed by atoms with E-state index >= 15 is 0 Å². The van der Waals surface area contributed by atoms with Crippen LogP contribution in [0.1, 0.15) is 15.9 Å². The van der Waals surface area contributed by atoms with Crippen molar-refractivity contribution in [1.82, 2.24) is 5.32 Å². The number of carbonyl (C=O) groups is 1. The van der Waals surface area contributed by atoms with E-state index in [4.69, 9.17) is 17.0 Å². The van der Waals surface area contributed by atoms with Crippen molar-refractivity contribution < 1.29 is 22.7 Å². The van der Waals surface area contributed by atoms with E-state index in [2.05, 4.69) is 26.6 Å². The molecule has 0 aromatic heterocycles. The number of hydrogen-bond donors (Lipinski definition) is 2. The van der Waals surface area contributed by atoms with Gasteiger partial charge in [-0.3, -0.25) is 10.1 Å². The van der Waals surface area contributed by atoms with E-state index in [1.54, 1.807) is 28.7 Å². The van der Waals surface area contributed by atoms with Gasteiger partial charge in [0.1, 0.15) is 5.75 Å². The summed E-state index contributed by atoms with van der Waals surface area (Å²) < 4.78 is 46.3. The van der Waals surface area contributed by atoms with Crippen molar-refractivity contribution in [2.24, 2.45) is 0 Å². The first-order valence-electron chi connectivity index (χ1n) is 8.36. The van der Waals surface area contributed by atoms with Crippen molar-refractivity contribution >= 4 is 78.2 Å². The Morgan fingerprint density at radius 2 is 1.87 bits per heavy atom. The quantitative estimate of drug-likeness (QED) is 0.268. The molecule has 0 atom stereocenters. The lowest BCUT2D eigenvalue weighted by Crippen LogP contribution is -2.35. The fraction of sp³-hybridized carbons (Fsp3) is 0.100. The second kappa shape index (κ2) is 9.06. The second-order valence-corrected chi connectivity index (χ2v) is 8.54. The zero-order valence-corrected chi connectivity index (χ0v) is 19.8. The fourth-order valence-electron chi connectivity index (χ4n) is 2.84. The molecule has 0 saturated heterocycles. The van der Waals surface area contributed by atoms with Crippen LogP contribution in [0, 0.1) is 3.57 Å². The molecule has 4 nitrogen and oxygen atoms in total. The predicted octanol–water partition coefficient (Wildman–Crippen LogP) is 6.36. The molecule has 0 aliphatic rings. The van der Waals surface area contributed by atoms with Crippen molar-refractivity contribution in [3.8, 4) is 5.75 Å². The average molecular weight is 609 g/mol. The Morgan fingerprint density at radius 3 is 2.53 bits per heavy atom. The summed E-state index contributed by atoms with van der Waals surface area (Å²) in [5.74, 6) is -0.325. The lowest BCUT2D eigenvalue weighted by Gasteiger charge is -2.17. The van der Waals surface area contributed by atoms with Crippen LogP contribution in [0.2, 0.25) is 0 Å². The van der Waals surface area contributed by atoms with Gasteiger partial charge >= 0.3 is 6.18 Å². The number of benzene rings is 3. The summed E-state index contributed by atoms with van der Waals surface area (Å²) >= 11 is 10.3. The van der Waals surface area contributed by atoms with Crippen LogP contribution in [0.3, 0.4) is 0 Å². The van der Waals surface area contributed by atoms with Gasteiger partial charge in [-0.2, -0.15) is 13.2 Å². The number of hydrogen-bond acceptors (Lipinski definition) is 3. The molecule has 0 heterocycles. The Kier molecular flexibility index (Phi) is 6.88. The van der Waals surface area contributed by atoms with Crippen molar-refractivity contribution in [3.05, 3.63) is 67.7 Å². The molecule has 0 spiro atoms. The summed E-state index contributed by atoms with van der Waals surface area (Å²) in [5, 5.41) is 6.24. The number of thiocarbonyl (C=S) groups is 1. The first-order chi connectivity index (χ1) is 14.1. The summed E-state index contributed by atoms with van der Waals surface area (Å²) in [6.45, 7) is 0. The Hall–Kier alpha value is -1.92. The predicted molar refractivity (Wildman–Crippen MR) is 126 cm³/mol. The molecule has 0 aliphatic heterocycles. The van der Waals surface area contributed by atoms with E-state index in [1.165, 1.54) is 19.2 Å². The summed E-state index contributed by atoms with van der Waals surface area (Å²) in [6, 6.07) is 12.8. The highest BCUT2D eigenvalue weighted by molar-refractivity contribution is 14.1. The number of carbonyl (C=O) groups excluding carboxylic acids is 1. The number of fused-ring (bicyclic) bond motifs is 1. The Morgan fingerprint density at radius 1 is 1.17 bits per heavy atom. The van der Waals surface area contributed by atoms with Gasteiger partial charge in [-0.15, -0.1) is 0 Å². The molecule has 1 amide bonds. The third-order valence-corrected chi connectivity index (χ3v) is 5.81. The molecule has 3 rings (SSSR count). The van der Waals surface area contributed by atoms with Gasteiger partial charge in [-0.1, -0.05) is 24.3 Å². The van der Waals surface area contributed by atoms with Gasteiger partial charge in [0.25, 0.3) is 5.91 Å². The van der Waals surface area contributed by atoms with E-state index in [9.17, 15) is 18.0 Å². The fourth-order valence-corrected chi connectivity index (χ4v) is 4.27.